The Hall–Kier alpha value is -3.35. The number of aromatic nitrogens is 3. The first-order chi connectivity index (χ1) is 13.7. The first-order valence-corrected chi connectivity index (χ1v) is 9.48. The fourth-order valence-corrected chi connectivity index (χ4v) is 4.14. The molecule has 0 aromatic carbocycles. The van der Waals surface area contributed by atoms with Crippen LogP contribution < -0.4 is 0 Å². The third-order valence-electron chi connectivity index (χ3n) is 5.59. The summed E-state index contributed by atoms with van der Waals surface area (Å²) in [5.41, 5.74) is 2.00. The van der Waals surface area contributed by atoms with Gasteiger partial charge in [-0.3, -0.25) is 14.0 Å². The summed E-state index contributed by atoms with van der Waals surface area (Å²) in [4.78, 5) is 30.9. The van der Waals surface area contributed by atoms with E-state index in [1.54, 1.807) is 6.08 Å². The normalized spacial score (nSPS) is 22.2. The quantitative estimate of drug-likeness (QED) is 0.807. The molecule has 3 aliphatic rings. The molecule has 140 valence electrons. The second-order valence-corrected chi connectivity index (χ2v) is 7.25. The highest BCUT2D eigenvalue weighted by atomic mass is 16.2. The first-order valence-electron chi connectivity index (χ1n) is 9.48. The van der Waals surface area contributed by atoms with Crippen LogP contribution in [0.15, 0.2) is 65.3 Å². The zero-order valence-electron chi connectivity index (χ0n) is 15.2. The average Bonchev–Trinajstić information content (AvgIpc) is 3.17. The molecule has 2 aromatic rings. The van der Waals surface area contributed by atoms with Crippen LogP contribution >= 0.6 is 0 Å². The number of aliphatic imine (C=N–C) groups is 1. The molecule has 0 N–H and O–H groups in total. The Kier molecular flexibility index (Phi) is 4.00. The Morgan fingerprint density at radius 3 is 2.82 bits per heavy atom. The van der Waals surface area contributed by atoms with Crippen LogP contribution in [0.5, 0.6) is 0 Å². The van der Waals surface area contributed by atoms with Gasteiger partial charge in [0.25, 0.3) is 11.8 Å². The van der Waals surface area contributed by atoms with Crippen molar-refractivity contribution in [1.29, 1.82) is 0 Å². The van der Waals surface area contributed by atoms with E-state index in [0.29, 0.717) is 24.4 Å². The molecule has 2 aliphatic heterocycles. The lowest BCUT2D eigenvalue weighted by Crippen LogP contribution is -2.41. The van der Waals surface area contributed by atoms with Crippen molar-refractivity contribution in [2.45, 2.75) is 18.8 Å². The monoisotopic (exact) mass is 373 g/mol. The van der Waals surface area contributed by atoms with Gasteiger partial charge in [0.05, 0.1) is 11.6 Å². The standard InChI is InChI=1S/C21H19N5O2/c27-19-13-16(15-5-1-2-6-17(15)22-19)21(28)25-11-8-14(9-12-25)20-24-23-18-7-3-4-10-26(18)20/h1-7,10,13-15H,8-9,11-12H2. The topological polar surface area (TPSA) is 79.9 Å². The number of nitrogens with zero attached hydrogens (tertiary/aromatic N) is 5. The van der Waals surface area contributed by atoms with Crippen LogP contribution in [0, 0.1) is 5.92 Å². The van der Waals surface area contributed by atoms with Crippen LogP contribution in [0.2, 0.25) is 0 Å². The van der Waals surface area contributed by atoms with Gasteiger partial charge in [-0.2, -0.15) is 0 Å². The van der Waals surface area contributed by atoms with Crippen LogP contribution in [-0.2, 0) is 9.59 Å². The molecule has 0 bridgehead atoms. The van der Waals surface area contributed by atoms with E-state index in [4.69, 9.17) is 0 Å². The molecule has 4 heterocycles. The predicted octanol–water partition coefficient (Wildman–Crippen LogP) is 2.09. The van der Waals surface area contributed by atoms with E-state index in [2.05, 4.69) is 15.2 Å². The third-order valence-corrected chi connectivity index (χ3v) is 5.59. The molecular formula is C21H19N5O2. The fraction of sp³-hybridized carbons (Fsp3) is 0.286. The molecule has 2 aromatic heterocycles. The number of hydrogen-bond acceptors (Lipinski definition) is 4. The number of likely N-dealkylation sites (tertiary alicyclic amines) is 1. The number of carbonyl (C=O) groups is 2. The molecule has 5 rings (SSSR count). The van der Waals surface area contributed by atoms with Crippen molar-refractivity contribution in [2.24, 2.45) is 10.9 Å². The summed E-state index contributed by atoms with van der Waals surface area (Å²) in [5.74, 6) is 0.547. The molecule has 7 nitrogen and oxygen atoms in total. The summed E-state index contributed by atoms with van der Waals surface area (Å²) in [6, 6.07) is 5.85. The SMILES string of the molecule is O=C1C=C(C(=O)N2CCC(c3nnc4ccccn34)CC2)C2C=CC=CC2=N1. The maximum absolute atomic E-state index is 13.1. The highest BCUT2D eigenvalue weighted by Crippen LogP contribution is 2.30. The van der Waals surface area contributed by atoms with Gasteiger partial charge < -0.3 is 4.90 Å². The number of allylic oxidation sites excluding steroid dienone is 4. The third kappa shape index (κ3) is 2.79. The molecule has 2 amide bonds. The van der Waals surface area contributed by atoms with Gasteiger partial charge in [0.2, 0.25) is 0 Å². The molecule has 0 saturated carbocycles. The number of carbonyl (C=O) groups excluding carboxylic acids is 2. The van der Waals surface area contributed by atoms with Crippen LogP contribution in [0.3, 0.4) is 0 Å². The number of hydrogen-bond donors (Lipinski definition) is 0. The van der Waals surface area contributed by atoms with E-state index < -0.39 is 0 Å². The van der Waals surface area contributed by atoms with Crippen LogP contribution in [0.4, 0.5) is 0 Å². The van der Waals surface area contributed by atoms with Crippen LogP contribution in [0.25, 0.3) is 5.65 Å². The second kappa shape index (κ2) is 6.67. The van der Waals surface area contributed by atoms with Crippen molar-refractivity contribution >= 4 is 23.2 Å². The van der Waals surface area contributed by atoms with Gasteiger partial charge in [0, 0.05) is 36.9 Å². The number of pyridine rings is 1. The summed E-state index contributed by atoms with van der Waals surface area (Å²) in [5, 5.41) is 8.60. The Morgan fingerprint density at radius 2 is 1.96 bits per heavy atom. The van der Waals surface area contributed by atoms with E-state index in [1.165, 1.54) is 6.08 Å². The minimum Gasteiger partial charge on any atom is -0.339 e. The molecule has 0 radical (unpaired) electrons. The van der Waals surface area contributed by atoms with Gasteiger partial charge in [0.1, 0.15) is 5.82 Å². The Bertz CT molecular complexity index is 1080. The molecular weight excluding hydrogens is 354 g/mol. The first kappa shape index (κ1) is 16.8. The van der Waals surface area contributed by atoms with E-state index in [1.807, 2.05) is 51.9 Å². The lowest BCUT2D eigenvalue weighted by atomic mass is 9.86. The van der Waals surface area contributed by atoms with Crippen molar-refractivity contribution in [3.8, 4) is 0 Å². The number of dihydropyridines is 1. The highest BCUT2D eigenvalue weighted by molar-refractivity contribution is 6.18. The predicted molar refractivity (Wildman–Crippen MR) is 104 cm³/mol. The van der Waals surface area contributed by atoms with Gasteiger partial charge in [-0.05, 0) is 31.1 Å². The Labute approximate surface area is 161 Å². The van der Waals surface area contributed by atoms with Crippen molar-refractivity contribution in [3.05, 3.63) is 66.2 Å². The smallest absolute Gasteiger partial charge is 0.270 e. The lowest BCUT2D eigenvalue weighted by Gasteiger charge is -2.33. The molecule has 1 unspecified atom stereocenters. The average molecular weight is 373 g/mol. The Balaban J connectivity index is 1.32. The van der Waals surface area contributed by atoms with Crippen LogP contribution in [0.1, 0.15) is 24.6 Å². The van der Waals surface area contributed by atoms with Crippen LogP contribution in [-0.4, -0.2) is 50.1 Å². The van der Waals surface area contributed by atoms with Gasteiger partial charge >= 0.3 is 0 Å². The van der Waals surface area contributed by atoms with E-state index in [-0.39, 0.29) is 23.7 Å². The van der Waals surface area contributed by atoms with Gasteiger partial charge in [-0.25, -0.2) is 4.99 Å². The highest BCUT2D eigenvalue weighted by Gasteiger charge is 2.33. The largest absolute Gasteiger partial charge is 0.339 e. The molecule has 0 spiro atoms. The van der Waals surface area contributed by atoms with Gasteiger partial charge in [0.15, 0.2) is 5.65 Å². The number of fused-ring (bicyclic) bond motifs is 2. The summed E-state index contributed by atoms with van der Waals surface area (Å²) < 4.78 is 2.02. The fourth-order valence-electron chi connectivity index (χ4n) is 4.14. The molecule has 1 atom stereocenters. The number of amides is 2. The van der Waals surface area contributed by atoms with Crippen molar-refractivity contribution in [2.75, 3.05) is 13.1 Å². The summed E-state index contributed by atoms with van der Waals surface area (Å²) in [7, 11) is 0. The molecule has 28 heavy (non-hydrogen) atoms. The summed E-state index contributed by atoms with van der Waals surface area (Å²) in [6.45, 7) is 1.27. The minimum atomic E-state index is -0.362. The minimum absolute atomic E-state index is 0.0738. The van der Waals surface area contributed by atoms with E-state index >= 15 is 0 Å². The molecule has 1 aliphatic carbocycles. The zero-order valence-corrected chi connectivity index (χ0v) is 15.2. The zero-order chi connectivity index (χ0) is 19.1. The summed E-state index contributed by atoms with van der Waals surface area (Å²) >= 11 is 0. The summed E-state index contributed by atoms with van der Waals surface area (Å²) in [6.07, 6.45) is 12.5. The van der Waals surface area contributed by atoms with Crippen molar-refractivity contribution in [3.63, 3.8) is 0 Å². The lowest BCUT2D eigenvalue weighted by molar-refractivity contribution is -0.129. The maximum atomic E-state index is 13.1. The van der Waals surface area contributed by atoms with E-state index in [9.17, 15) is 9.59 Å². The van der Waals surface area contributed by atoms with E-state index in [0.717, 1.165) is 24.3 Å². The van der Waals surface area contributed by atoms with Gasteiger partial charge in [-0.1, -0.05) is 24.3 Å². The molecule has 7 heteroatoms. The number of rotatable bonds is 2. The second-order valence-electron chi connectivity index (χ2n) is 7.25. The Morgan fingerprint density at radius 1 is 1.11 bits per heavy atom. The molecule has 1 saturated heterocycles. The number of piperidine rings is 1. The maximum Gasteiger partial charge on any atom is 0.270 e. The van der Waals surface area contributed by atoms with Crippen molar-refractivity contribution in [1.82, 2.24) is 19.5 Å². The van der Waals surface area contributed by atoms with Crippen molar-refractivity contribution < 1.29 is 9.59 Å². The molecule has 1 fully saturated rings. The van der Waals surface area contributed by atoms with Gasteiger partial charge in [-0.15, -0.1) is 10.2 Å².